The summed E-state index contributed by atoms with van der Waals surface area (Å²) >= 11 is 0. The molecule has 0 atom stereocenters. The predicted molar refractivity (Wildman–Crippen MR) is 220 cm³/mol. The van der Waals surface area contributed by atoms with Crippen LogP contribution in [0.4, 0.5) is 11.4 Å². The van der Waals surface area contributed by atoms with E-state index in [0.717, 1.165) is 33.4 Å². The van der Waals surface area contributed by atoms with Gasteiger partial charge in [-0.05, 0) is 82.1 Å². The number of aliphatic imine (C=N–C) groups is 1. The number of allylic oxidation sites excluding steroid dienone is 5. The Hall–Kier alpha value is -6.69. The Labute approximate surface area is 305 Å². The third kappa shape index (κ3) is 7.41. The van der Waals surface area contributed by atoms with Crippen LogP contribution >= 0.6 is 0 Å². The molecular formula is C47H39N5. The van der Waals surface area contributed by atoms with Crippen LogP contribution < -0.4 is 10.6 Å². The van der Waals surface area contributed by atoms with Crippen molar-refractivity contribution in [1.29, 1.82) is 0 Å². The number of hydrogen-bond acceptors (Lipinski definition) is 5. The van der Waals surface area contributed by atoms with E-state index in [9.17, 15) is 0 Å². The summed E-state index contributed by atoms with van der Waals surface area (Å²) in [5, 5.41) is 3.42. The average molecular weight is 674 g/mol. The maximum absolute atomic E-state index is 5.35. The summed E-state index contributed by atoms with van der Waals surface area (Å²) in [5.74, 6) is 0.581. The minimum Gasteiger partial charge on any atom is -0.326 e. The zero-order valence-electron chi connectivity index (χ0n) is 28.9. The number of hydrogen-bond donors (Lipinski definition) is 1. The van der Waals surface area contributed by atoms with Gasteiger partial charge in [-0.2, -0.15) is 0 Å². The van der Waals surface area contributed by atoms with Crippen LogP contribution in [0.5, 0.6) is 0 Å². The van der Waals surface area contributed by atoms with Gasteiger partial charge in [-0.15, -0.1) is 0 Å². The number of fused-ring (bicyclic) bond motifs is 3. The van der Waals surface area contributed by atoms with Crippen molar-refractivity contribution < 1.29 is 0 Å². The second kappa shape index (κ2) is 15.9. The molecule has 1 aromatic heterocycles. The molecule has 0 aliphatic carbocycles. The van der Waals surface area contributed by atoms with E-state index in [0.29, 0.717) is 24.5 Å². The Morgan fingerprint density at radius 1 is 0.731 bits per heavy atom. The lowest BCUT2D eigenvalue weighted by atomic mass is 9.93. The molecule has 2 N–H and O–H groups in total. The molecule has 1 aliphatic heterocycles. The van der Waals surface area contributed by atoms with E-state index < -0.39 is 0 Å². The summed E-state index contributed by atoms with van der Waals surface area (Å²) in [6.45, 7) is 8.70. The van der Waals surface area contributed by atoms with Crippen molar-refractivity contribution in [3.05, 3.63) is 205 Å². The molecule has 0 fully saturated rings. The minimum atomic E-state index is 0.581. The number of rotatable bonds is 7. The number of nitrogens with zero attached hydrogens (tertiary/aromatic N) is 4. The summed E-state index contributed by atoms with van der Waals surface area (Å²) < 4.78 is 0. The van der Waals surface area contributed by atoms with Gasteiger partial charge in [-0.3, -0.25) is 4.99 Å². The molecule has 0 saturated carbocycles. The van der Waals surface area contributed by atoms with Crippen molar-refractivity contribution in [3.8, 4) is 11.1 Å². The Morgan fingerprint density at radius 2 is 1.46 bits per heavy atom. The highest BCUT2D eigenvalue weighted by Gasteiger charge is 2.15. The Morgan fingerprint density at radius 3 is 2.25 bits per heavy atom. The van der Waals surface area contributed by atoms with Crippen LogP contribution in [0.2, 0.25) is 0 Å². The van der Waals surface area contributed by atoms with Crippen LogP contribution in [-0.2, 0) is 13.0 Å². The van der Waals surface area contributed by atoms with E-state index >= 15 is 0 Å². The van der Waals surface area contributed by atoms with Crippen molar-refractivity contribution in [2.24, 2.45) is 10.7 Å². The molecule has 5 nitrogen and oxygen atoms in total. The molecule has 52 heavy (non-hydrogen) atoms. The monoisotopic (exact) mass is 673 g/mol. The smallest absolute Gasteiger partial charge is 0.178 e. The molecule has 252 valence electrons. The maximum Gasteiger partial charge on any atom is 0.178 e. The lowest BCUT2D eigenvalue weighted by molar-refractivity contribution is 1.07. The van der Waals surface area contributed by atoms with Gasteiger partial charge in [-0.25, -0.2) is 9.97 Å². The van der Waals surface area contributed by atoms with Gasteiger partial charge in [0.05, 0.1) is 11.2 Å². The normalized spacial score (nSPS) is 13.8. The molecule has 0 bridgehead atoms. The van der Waals surface area contributed by atoms with Crippen molar-refractivity contribution in [3.63, 3.8) is 0 Å². The summed E-state index contributed by atoms with van der Waals surface area (Å²) in [6, 6.07) is 48.1. The average Bonchev–Trinajstić information content (AvgIpc) is 3.21. The molecule has 6 aromatic carbocycles. The fraction of sp³-hybridized carbons (Fsp3) is 0.0426. The predicted octanol–water partition coefficient (Wildman–Crippen LogP) is 11.1. The lowest BCUT2D eigenvalue weighted by Crippen LogP contribution is -2.11. The number of para-hydroxylation sites is 2. The summed E-state index contributed by atoms with van der Waals surface area (Å²) in [4.78, 5) is 15.7. The first-order valence-corrected chi connectivity index (χ1v) is 17.3. The number of benzene rings is 6. The second-order valence-electron chi connectivity index (χ2n) is 12.4. The number of anilines is 2. The highest BCUT2D eigenvalue weighted by molar-refractivity contribution is 5.99. The van der Waals surface area contributed by atoms with E-state index in [2.05, 4.69) is 131 Å². The number of nitrogens with two attached hydrogens (primary N) is 1. The molecule has 5 heteroatoms. The largest absolute Gasteiger partial charge is 0.326 e. The van der Waals surface area contributed by atoms with Crippen LogP contribution in [0.25, 0.3) is 44.1 Å². The maximum atomic E-state index is 5.35. The first kappa shape index (κ1) is 33.8. The second-order valence-corrected chi connectivity index (χ2v) is 12.4. The van der Waals surface area contributed by atoms with Crippen LogP contribution in [-0.4, -0.2) is 16.7 Å². The van der Waals surface area contributed by atoms with E-state index in [1.807, 2.05) is 72.9 Å². The highest BCUT2D eigenvalue weighted by atomic mass is 15.1. The molecule has 0 saturated heterocycles. The quantitative estimate of drug-likeness (QED) is 0.171. The Kier molecular flexibility index (Phi) is 10.3. The zero-order valence-corrected chi connectivity index (χ0v) is 28.9. The van der Waals surface area contributed by atoms with E-state index in [-0.39, 0.29) is 0 Å². The minimum absolute atomic E-state index is 0.581. The van der Waals surface area contributed by atoms with Gasteiger partial charge in [-0.1, -0.05) is 140 Å². The van der Waals surface area contributed by atoms with Crippen LogP contribution in [0.15, 0.2) is 188 Å². The van der Waals surface area contributed by atoms with Crippen LogP contribution in [0, 0.1) is 0 Å². The summed E-state index contributed by atoms with van der Waals surface area (Å²) in [5.41, 5.74) is 16.0. The van der Waals surface area contributed by atoms with Gasteiger partial charge in [0, 0.05) is 35.6 Å². The first-order chi connectivity index (χ1) is 25.6. The van der Waals surface area contributed by atoms with Gasteiger partial charge >= 0.3 is 0 Å². The molecule has 1 aliphatic rings. The van der Waals surface area contributed by atoms with Crippen molar-refractivity contribution in [2.45, 2.75) is 13.0 Å². The fourth-order valence-electron chi connectivity index (χ4n) is 6.39. The third-order valence-corrected chi connectivity index (χ3v) is 9.11. The van der Waals surface area contributed by atoms with E-state index in [1.165, 1.54) is 33.0 Å². The molecule has 0 spiro atoms. The topological polar surface area (TPSA) is 67.4 Å². The zero-order chi connectivity index (χ0) is 35.7. The summed E-state index contributed by atoms with van der Waals surface area (Å²) in [6.07, 6.45) is 12.8. The highest BCUT2D eigenvalue weighted by Crippen LogP contribution is 2.37. The third-order valence-electron chi connectivity index (χ3n) is 9.11. The summed E-state index contributed by atoms with van der Waals surface area (Å²) in [7, 11) is 0. The Balaban J connectivity index is 0.000000466. The molecular weight excluding hydrogens is 635 g/mol. The molecule has 0 radical (unpaired) electrons. The van der Waals surface area contributed by atoms with Crippen molar-refractivity contribution in [1.82, 2.24) is 9.97 Å². The Bertz CT molecular complexity index is 2460. The van der Waals surface area contributed by atoms with E-state index in [4.69, 9.17) is 10.7 Å². The lowest BCUT2D eigenvalue weighted by Gasteiger charge is -2.25. The molecule has 8 rings (SSSR count). The van der Waals surface area contributed by atoms with Gasteiger partial charge in [0.1, 0.15) is 5.70 Å². The van der Waals surface area contributed by atoms with Crippen LogP contribution in [0.1, 0.15) is 22.5 Å². The molecule has 0 unspecified atom stereocenters. The molecule has 0 amide bonds. The standard InChI is InChI=1S/C40H30N4.C7H9N/c1-28-11-9-10-26-44(39-17-8-6-13-33(28)39)32-22-18-29(19-23-32)35-24-20-30(34-14-4-5-15-36(34)35)21-25-38(41-2)40-42-27-31-12-3-7-16-37(31)43-40;8-6-7-4-2-1-3-5-7/h3-20,22-27H,1-2,21H2;1-5H,6,8H2/b11-9-,26-10-,38-25-;. The SMILES string of the molecule is C=N/C(=C\Cc1ccc(-c2ccc(N3/C=C\C=C/C(=C)c4ccccc43)cc2)c2ccccc12)c1ncc2ccccc2n1.NCc1ccccc1. The van der Waals surface area contributed by atoms with Gasteiger partial charge < -0.3 is 10.6 Å². The van der Waals surface area contributed by atoms with Crippen molar-refractivity contribution >= 4 is 51.0 Å². The number of aromatic nitrogens is 2. The van der Waals surface area contributed by atoms with Gasteiger partial charge in [0.25, 0.3) is 0 Å². The fourth-order valence-corrected chi connectivity index (χ4v) is 6.39. The molecule has 2 heterocycles. The van der Waals surface area contributed by atoms with E-state index in [1.54, 1.807) is 0 Å². The molecule has 7 aromatic rings. The van der Waals surface area contributed by atoms with Gasteiger partial charge in [0.15, 0.2) is 5.82 Å². The first-order valence-electron chi connectivity index (χ1n) is 17.3. The van der Waals surface area contributed by atoms with Crippen LogP contribution in [0.3, 0.4) is 0 Å². The van der Waals surface area contributed by atoms with Gasteiger partial charge in [0.2, 0.25) is 0 Å². The van der Waals surface area contributed by atoms with Crippen molar-refractivity contribution in [2.75, 3.05) is 4.90 Å².